The fraction of sp³-hybridized carbons (Fsp3) is 0.421. The highest BCUT2D eigenvalue weighted by atomic mass is 16.5. The number of rotatable bonds is 4. The van der Waals surface area contributed by atoms with Crippen LogP contribution in [0.3, 0.4) is 0 Å². The van der Waals surface area contributed by atoms with Gasteiger partial charge in [0.25, 0.3) is 5.56 Å². The maximum absolute atomic E-state index is 12.8. The summed E-state index contributed by atoms with van der Waals surface area (Å²) >= 11 is 0. The van der Waals surface area contributed by atoms with Crippen LogP contribution in [0.5, 0.6) is 0 Å². The first-order valence-corrected chi connectivity index (χ1v) is 9.03. The predicted octanol–water partition coefficient (Wildman–Crippen LogP) is 2.07. The highest BCUT2D eigenvalue weighted by Gasteiger charge is 2.29. The molecule has 2 atom stereocenters. The van der Waals surface area contributed by atoms with Crippen LogP contribution in [0.2, 0.25) is 0 Å². The van der Waals surface area contributed by atoms with Crippen molar-refractivity contribution in [3.05, 3.63) is 63.1 Å². The summed E-state index contributed by atoms with van der Waals surface area (Å²) in [6, 6.07) is 7.09. The number of aromatic nitrogens is 4. The Kier molecular flexibility index (Phi) is 4.46. The third-order valence-corrected chi connectivity index (χ3v) is 5.06. The molecule has 2 aromatic heterocycles. The first kappa shape index (κ1) is 16.8. The highest BCUT2D eigenvalue weighted by Crippen LogP contribution is 2.34. The number of hydrogen-bond donors (Lipinski definition) is 1. The second-order valence-electron chi connectivity index (χ2n) is 6.71. The van der Waals surface area contributed by atoms with Crippen LogP contribution in [0.15, 0.2) is 46.2 Å². The summed E-state index contributed by atoms with van der Waals surface area (Å²) < 4.78 is 9.16. The molecule has 26 heavy (non-hydrogen) atoms. The van der Waals surface area contributed by atoms with Crippen LogP contribution in [-0.2, 0) is 17.8 Å². The van der Waals surface area contributed by atoms with Crippen molar-refractivity contribution in [3.8, 4) is 0 Å². The molecule has 1 N–H and O–H groups in total. The molecule has 1 aliphatic rings. The van der Waals surface area contributed by atoms with Gasteiger partial charge >= 0.3 is 5.69 Å². The van der Waals surface area contributed by atoms with Gasteiger partial charge in [-0.3, -0.25) is 14.0 Å². The quantitative estimate of drug-likeness (QED) is 0.778. The average Bonchev–Trinajstić information content (AvgIpc) is 3.14. The molecule has 7 nitrogen and oxygen atoms in total. The summed E-state index contributed by atoms with van der Waals surface area (Å²) in [6.45, 7) is 3.84. The molecule has 0 amide bonds. The third-order valence-electron chi connectivity index (χ3n) is 5.06. The second kappa shape index (κ2) is 6.92. The van der Waals surface area contributed by atoms with E-state index >= 15 is 0 Å². The molecule has 1 aromatic carbocycles. The van der Waals surface area contributed by atoms with E-state index < -0.39 is 0 Å². The summed E-state index contributed by atoms with van der Waals surface area (Å²) in [5.74, 6) is 0.0539. The van der Waals surface area contributed by atoms with Crippen LogP contribution < -0.4 is 11.2 Å². The number of hydrogen-bond acceptors (Lipinski definition) is 4. The number of benzene rings is 1. The monoisotopic (exact) mass is 354 g/mol. The van der Waals surface area contributed by atoms with Gasteiger partial charge in [-0.2, -0.15) is 5.10 Å². The molecule has 7 heteroatoms. The number of fused-ring (bicyclic) bond motifs is 1. The van der Waals surface area contributed by atoms with E-state index in [1.165, 1.54) is 4.57 Å². The van der Waals surface area contributed by atoms with E-state index in [1.54, 1.807) is 24.3 Å². The number of aryl methyl sites for hydroxylation is 1. The Morgan fingerprint density at radius 3 is 2.96 bits per heavy atom. The van der Waals surface area contributed by atoms with Crippen LogP contribution in [0.25, 0.3) is 10.9 Å². The normalized spacial score (nSPS) is 20.5. The summed E-state index contributed by atoms with van der Waals surface area (Å²) in [5.41, 5.74) is 0.946. The van der Waals surface area contributed by atoms with Gasteiger partial charge in [-0.25, -0.2) is 4.79 Å². The fourth-order valence-electron chi connectivity index (χ4n) is 3.70. The number of nitrogens with one attached hydrogen (secondary N) is 1. The van der Waals surface area contributed by atoms with Crippen molar-refractivity contribution in [1.82, 2.24) is 19.3 Å². The van der Waals surface area contributed by atoms with E-state index in [9.17, 15) is 9.59 Å². The largest absolute Gasteiger partial charge is 0.373 e. The fourth-order valence-corrected chi connectivity index (χ4v) is 3.70. The number of nitrogens with zero attached hydrogens (tertiary/aromatic N) is 3. The molecule has 0 spiro atoms. The zero-order valence-electron chi connectivity index (χ0n) is 14.7. The number of para-hydroxylation sites is 1. The Balaban J connectivity index is 1.69. The summed E-state index contributed by atoms with van der Waals surface area (Å²) in [5, 5.41) is 4.85. The molecule has 0 unspecified atom stereocenters. The standard InChI is InChI=1S/C19H22N4O3/c1-2-22-11-14(10-20-22)17-13(6-5-9-26-17)12-23-18(24)15-7-3-4-8-16(15)21-19(23)25/h3-4,7-8,10-11,13,17H,2,5-6,9,12H2,1H3,(H,21,25)/t13-,17+/m0/s1. The van der Waals surface area contributed by atoms with E-state index in [2.05, 4.69) is 10.1 Å². The van der Waals surface area contributed by atoms with Crippen molar-refractivity contribution in [3.63, 3.8) is 0 Å². The maximum atomic E-state index is 12.8. The Hall–Kier alpha value is -2.67. The Bertz CT molecular complexity index is 1030. The van der Waals surface area contributed by atoms with E-state index in [-0.39, 0.29) is 23.3 Å². The van der Waals surface area contributed by atoms with Gasteiger partial charge in [0, 0.05) is 37.4 Å². The van der Waals surface area contributed by atoms with Gasteiger partial charge in [0.05, 0.1) is 23.2 Å². The van der Waals surface area contributed by atoms with Crippen molar-refractivity contribution < 1.29 is 4.74 Å². The van der Waals surface area contributed by atoms with Crippen LogP contribution in [0, 0.1) is 5.92 Å². The van der Waals surface area contributed by atoms with E-state index in [1.807, 2.05) is 24.0 Å². The molecule has 3 heterocycles. The molecule has 0 radical (unpaired) electrons. The molecule has 1 fully saturated rings. The Morgan fingerprint density at radius 1 is 1.31 bits per heavy atom. The van der Waals surface area contributed by atoms with Crippen molar-refractivity contribution in [2.24, 2.45) is 5.92 Å². The molecular formula is C19H22N4O3. The van der Waals surface area contributed by atoms with Gasteiger partial charge in [0.15, 0.2) is 0 Å². The summed E-state index contributed by atoms with van der Waals surface area (Å²) in [7, 11) is 0. The van der Waals surface area contributed by atoms with Crippen molar-refractivity contribution in [1.29, 1.82) is 0 Å². The molecule has 1 aliphatic heterocycles. The molecule has 1 saturated heterocycles. The molecule has 3 aromatic rings. The zero-order valence-corrected chi connectivity index (χ0v) is 14.7. The zero-order chi connectivity index (χ0) is 18.1. The minimum absolute atomic E-state index is 0.0539. The van der Waals surface area contributed by atoms with Gasteiger partial charge in [-0.05, 0) is 31.9 Å². The molecule has 136 valence electrons. The highest BCUT2D eigenvalue weighted by molar-refractivity contribution is 5.76. The number of H-pyrrole nitrogens is 1. The third kappa shape index (κ3) is 2.99. The molecular weight excluding hydrogens is 332 g/mol. The summed E-state index contributed by atoms with van der Waals surface area (Å²) in [4.78, 5) is 28.1. The molecule has 0 saturated carbocycles. The van der Waals surface area contributed by atoms with Crippen molar-refractivity contribution in [2.45, 2.75) is 39.0 Å². The first-order chi connectivity index (χ1) is 12.7. The van der Waals surface area contributed by atoms with Crippen LogP contribution in [-0.4, -0.2) is 25.9 Å². The second-order valence-corrected chi connectivity index (χ2v) is 6.71. The average molecular weight is 354 g/mol. The van der Waals surface area contributed by atoms with Crippen LogP contribution in [0.4, 0.5) is 0 Å². The smallest absolute Gasteiger partial charge is 0.328 e. The molecule has 4 rings (SSSR count). The first-order valence-electron chi connectivity index (χ1n) is 9.03. The number of ether oxygens (including phenoxy) is 1. The van der Waals surface area contributed by atoms with E-state index in [0.29, 0.717) is 24.1 Å². The van der Waals surface area contributed by atoms with Crippen molar-refractivity contribution in [2.75, 3.05) is 6.61 Å². The lowest BCUT2D eigenvalue weighted by Gasteiger charge is -2.31. The lowest BCUT2D eigenvalue weighted by atomic mass is 9.90. The topological polar surface area (TPSA) is 81.9 Å². The lowest BCUT2D eigenvalue weighted by molar-refractivity contribution is -0.0344. The van der Waals surface area contributed by atoms with Crippen molar-refractivity contribution >= 4 is 10.9 Å². The Labute approximate surface area is 150 Å². The number of aromatic amines is 1. The van der Waals surface area contributed by atoms with E-state index in [0.717, 1.165) is 24.9 Å². The van der Waals surface area contributed by atoms with Gasteiger partial charge in [-0.15, -0.1) is 0 Å². The van der Waals surface area contributed by atoms with Gasteiger partial charge in [0.2, 0.25) is 0 Å². The Morgan fingerprint density at radius 2 is 2.15 bits per heavy atom. The SMILES string of the molecule is CCn1cc([C@@H]2OCCC[C@H]2Cn2c(=O)[nH]c3ccccc3c2=O)cn1. The minimum atomic E-state index is -0.373. The van der Waals surface area contributed by atoms with Crippen LogP contribution >= 0.6 is 0 Å². The predicted molar refractivity (Wildman–Crippen MR) is 98.1 cm³/mol. The molecule has 0 bridgehead atoms. The maximum Gasteiger partial charge on any atom is 0.328 e. The van der Waals surface area contributed by atoms with Gasteiger partial charge in [-0.1, -0.05) is 12.1 Å². The van der Waals surface area contributed by atoms with E-state index in [4.69, 9.17) is 4.74 Å². The summed E-state index contributed by atoms with van der Waals surface area (Å²) in [6.07, 6.45) is 5.47. The van der Waals surface area contributed by atoms with Gasteiger partial charge in [0.1, 0.15) is 0 Å². The molecule has 0 aliphatic carbocycles. The van der Waals surface area contributed by atoms with Gasteiger partial charge < -0.3 is 9.72 Å². The minimum Gasteiger partial charge on any atom is -0.373 e. The lowest BCUT2D eigenvalue weighted by Crippen LogP contribution is -2.39. The van der Waals surface area contributed by atoms with Crippen LogP contribution in [0.1, 0.15) is 31.4 Å².